The van der Waals surface area contributed by atoms with Gasteiger partial charge in [0.1, 0.15) is 5.76 Å². The molecular formula is C12H13NO2. The van der Waals surface area contributed by atoms with Crippen LogP contribution in [-0.2, 0) is 13.0 Å². The number of rotatable bonds is 3. The van der Waals surface area contributed by atoms with Gasteiger partial charge in [-0.1, -0.05) is 19.1 Å². The molecule has 0 saturated heterocycles. The highest BCUT2D eigenvalue weighted by atomic mass is 16.4. The molecule has 0 aliphatic carbocycles. The van der Waals surface area contributed by atoms with Crippen LogP contribution >= 0.6 is 0 Å². The third-order valence-corrected chi connectivity index (χ3v) is 2.29. The van der Waals surface area contributed by atoms with Crippen molar-refractivity contribution in [2.75, 3.05) is 0 Å². The molecule has 0 bridgehead atoms. The van der Waals surface area contributed by atoms with Gasteiger partial charge >= 0.3 is 0 Å². The van der Waals surface area contributed by atoms with Crippen LogP contribution in [0.4, 0.5) is 0 Å². The van der Waals surface area contributed by atoms with Crippen LogP contribution in [0.25, 0.3) is 11.5 Å². The lowest BCUT2D eigenvalue weighted by molar-refractivity contribution is 0.282. The molecule has 3 nitrogen and oxygen atoms in total. The summed E-state index contributed by atoms with van der Waals surface area (Å²) in [5.74, 6) is 1.52. The van der Waals surface area contributed by atoms with Crippen LogP contribution < -0.4 is 0 Å². The summed E-state index contributed by atoms with van der Waals surface area (Å²) in [6.45, 7) is 2.09. The van der Waals surface area contributed by atoms with Crippen LogP contribution in [0.15, 0.2) is 34.9 Å². The zero-order valence-electron chi connectivity index (χ0n) is 8.60. The van der Waals surface area contributed by atoms with E-state index in [4.69, 9.17) is 9.52 Å². The summed E-state index contributed by atoms with van der Waals surface area (Å²) < 4.78 is 5.52. The van der Waals surface area contributed by atoms with Crippen LogP contribution in [0, 0.1) is 0 Å². The van der Waals surface area contributed by atoms with E-state index in [1.165, 1.54) is 0 Å². The standard InChI is InChI=1S/C12H13NO2/c1-2-11-7-13-12(15-11)10-5-3-9(8-14)4-6-10/h3-7,14H,2,8H2,1H3. The van der Waals surface area contributed by atoms with Gasteiger partial charge in [-0.25, -0.2) is 4.98 Å². The van der Waals surface area contributed by atoms with Crippen molar-refractivity contribution in [3.63, 3.8) is 0 Å². The van der Waals surface area contributed by atoms with Gasteiger partial charge in [0.25, 0.3) is 0 Å². The van der Waals surface area contributed by atoms with Gasteiger partial charge in [-0.2, -0.15) is 0 Å². The Labute approximate surface area is 88.4 Å². The van der Waals surface area contributed by atoms with Crippen LogP contribution in [0.2, 0.25) is 0 Å². The molecule has 1 aromatic heterocycles. The molecule has 0 unspecified atom stereocenters. The van der Waals surface area contributed by atoms with E-state index in [1.807, 2.05) is 31.2 Å². The first-order chi connectivity index (χ1) is 7.33. The van der Waals surface area contributed by atoms with Crippen LogP contribution in [0.5, 0.6) is 0 Å². The zero-order valence-corrected chi connectivity index (χ0v) is 8.60. The van der Waals surface area contributed by atoms with Gasteiger partial charge in [-0.15, -0.1) is 0 Å². The molecule has 0 amide bonds. The summed E-state index contributed by atoms with van der Waals surface area (Å²) >= 11 is 0. The van der Waals surface area contributed by atoms with E-state index in [0.29, 0.717) is 5.89 Å². The van der Waals surface area contributed by atoms with Gasteiger partial charge in [-0.3, -0.25) is 0 Å². The molecule has 2 rings (SSSR count). The summed E-state index contributed by atoms with van der Waals surface area (Å²) in [4.78, 5) is 4.18. The van der Waals surface area contributed by atoms with E-state index < -0.39 is 0 Å². The Morgan fingerprint density at radius 1 is 1.27 bits per heavy atom. The zero-order chi connectivity index (χ0) is 10.7. The van der Waals surface area contributed by atoms with Crippen molar-refractivity contribution >= 4 is 0 Å². The number of hydrogen-bond acceptors (Lipinski definition) is 3. The maximum absolute atomic E-state index is 8.90. The van der Waals surface area contributed by atoms with Gasteiger partial charge in [0.15, 0.2) is 0 Å². The fourth-order valence-electron chi connectivity index (χ4n) is 1.36. The number of nitrogens with zero attached hydrogens (tertiary/aromatic N) is 1. The quantitative estimate of drug-likeness (QED) is 0.833. The number of aryl methyl sites for hydroxylation is 1. The van der Waals surface area contributed by atoms with Crippen molar-refractivity contribution in [2.45, 2.75) is 20.0 Å². The summed E-state index contributed by atoms with van der Waals surface area (Å²) in [6, 6.07) is 7.53. The summed E-state index contributed by atoms with van der Waals surface area (Å²) in [6.07, 6.45) is 2.59. The Morgan fingerprint density at radius 2 is 2.00 bits per heavy atom. The van der Waals surface area contributed by atoms with Crippen molar-refractivity contribution < 1.29 is 9.52 Å². The molecule has 1 heterocycles. The predicted octanol–water partition coefficient (Wildman–Crippen LogP) is 2.40. The summed E-state index contributed by atoms with van der Waals surface area (Å²) in [5, 5.41) is 8.90. The maximum Gasteiger partial charge on any atom is 0.226 e. The second-order valence-electron chi connectivity index (χ2n) is 3.34. The third kappa shape index (κ3) is 2.07. The molecule has 0 aliphatic rings. The number of aliphatic hydroxyl groups excluding tert-OH is 1. The fourth-order valence-corrected chi connectivity index (χ4v) is 1.36. The second-order valence-corrected chi connectivity index (χ2v) is 3.34. The van der Waals surface area contributed by atoms with Crippen molar-refractivity contribution in [1.82, 2.24) is 4.98 Å². The first-order valence-corrected chi connectivity index (χ1v) is 4.98. The molecule has 0 radical (unpaired) electrons. The number of aliphatic hydroxyl groups is 1. The lowest BCUT2D eigenvalue weighted by Gasteiger charge is -1.97. The lowest BCUT2D eigenvalue weighted by atomic mass is 10.1. The smallest absolute Gasteiger partial charge is 0.226 e. The van der Waals surface area contributed by atoms with Gasteiger partial charge < -0.3 is 9.52 Å². The Hall–Kier alpha value is -1.61. The van der Waals surface area contributed by atoms with E-state index in [9.17, 15) is 0 Å². The Kier molecular flexibility index (Phi) is 2.83. The van der Waals surface area contributed by atoms with Gasteiger partial charge in [0.2, 0.25) is 5.89 Å². The minimum atomic E-state index is 0.0616. The van der Waals surface area contributed by atoms with Crippen LogP contribution in [-0.4, -0.2) is 10.1 Å². The third-order valence-electron chi connectivity index (χ3n) is 2.29. The Bertz CT molecular complexity index is 431. The van der Waals surface area contributed by atoms with E-state index >= 15 is 0 Å². The van der Waals surface area contributed by atoms with Crippen LogP contribution in [0.3, 0.4) is 0 Å². The first kappa shape index (κ1) is 9.93. The SMILES string of the molecule is CCc1cnc(-c2ccc(CO)cc2)o1. The van der Waals surface area contributed by atoms with E-state index in [-0.39, 0.29) is 6.61 Å². The largest absolute Gasteiger partial charge is 0.441 e. The van der Waals surface area contributed by atoms with Gasteiger partial charge in [-0.05, 0) is 17.7 Å². The van der Waals surface area contributed by atoms with Crippen molar-refractivity contribution in [1.29, 1.82) is 0 Å². The Morgan fingerprint density at radius 3 is 2.53 bits per heavy atom. The molecule has 0 saturated carbocycles. The van der Waals surface area contributed by atoms with E-state index in [0.717, 1.165) is 23.3 Å². The molecule has 1 N–H and O–H groups in total. The van der Waals surface area contributed by atoms with Gasteiger partial charge in [0.05, 0.1) is 12.8 Å². The minimum Gasteiger partial charge on any atom is -0.441 e. The maximum atomic E-state index is 8.90. The van der Waals surface area contributed by atoms with Crippen molar-refractivity contribution in [2.24, 2.45) is 0 Å². The highest BCUT2D eigenvalue weighted by Gasteiger charge is 2.04. The van der Waals surface area contributed by atoms with Crippen LogP contribution in [0.1, 0.15) is 18.2 Å². The second kappa shape index (κ2) is 4.28. The molecule has 78 valence electrons. The Balaban J connectivity index is 2.28. The first-order valence-electron chi connectivity index (χ1n) is 4.98. The number of oxazole rings is 1. The molecule has 3 heteroatoms. The fraction of sp³-hybridized carbons (Fsp3) is 0.250. The van der Waals surface area contributed by atoms with Crippen molar-refractivity contribution in [3.05, 3.63) is 41.8 Å². The number of benzene rings is 1. The summed E-state index contributed by atoms with van der Waals surface area (Å²) in [5.41, 5.74) is 1.83. The summed E-state index contributed by atoms with van der Waals surface area (Å²) in [7, 11) is 0. The molecule has 0 spiro atoms. The molecule has 0 aliphatic heterocycles. The molecule has 0 atom stereocenters. The number of aromatic nitrogens is 1. The molecule has 15 heavy (non-hydrogen) atoms. The lowest BCUT2D eigenvalue weighted by Crippen LogP contribution is -1.82. The highest BCUT2D eigenvalue weighted by molar-refractivity contribution is 5.53. The molecule has 1 aromatic carbocycles. The highest BCUT2D eigenvalue weighted by Crippen LogP contribution is 2.19. The monoisotopic (exact) mass is 203 g/mol. The molecule has 2 aromatic rings. The molecular weight excluding hydrogens is 190 g/mol. The van der Waals surface area contributed by atoms with E-state index in [1.54, 1.807) is 6.20 Å². The van der Waals surface area contributed by atoms with Gasteiger partial charge in [0, 0.05) is 12.0 Å². The normalized spacial score (nSPS) is 10.5. The molecule has 0 fully saturated rings. The van der Waals surface area contributed by atoms with E-state index in [2.05, 4.69) is 4.98 Å². The average Bonchev–Trinajstić information content (AvgIpc) is 2.78. The topological polar surface area (TPSA) is 46.3 Å². The predicted molar refractivity (Wildman–Crippen MR) is 57.2 cm³/mol. The minimum absolute atomic E-state index is 0.0616. The number of hydrogen-bond donors (Lipinski definition) is 1. The van der Waals surface area contributed by atoms with Crippen molar-refractivity contribution in [3.8, 4) is 11.5 Å². The average molecular weight is 203 g/mol.